The molecule has 0 radical (unpaired) electrons. The predicted molar refractivity (Wildman–Crippen MR) is 142 cm³/mol. The van der Waals surface area contributed by atoms with Gasteiger partial charge >= 0.3 is 0 Å². The number of hydrogen-bond acceptors (Lipinski definition) is 8. The molecular weight excluding hydrogens is 474 g/mol. The molecule has 1 aromatic carbocycles. The van der Waals surface area contributed by atoms with Gasteiger partial charge in [0.25, 0.3) is 0 Å². The zero-order chi connectivity index (χ0) is 25.5. The van der Waals surface area contributed by atoms with Crippen molar-refractivity contribution in [3.05, 3.63) is 55.0 Å². The number of pyridine rings is 2. The van der Waals surface area contributed by atoms with Gasteiger partial charge in [0.15, 0.2) is 0 Å². The second-order valence-corrected chi connectivity index (χ2v) is 8.19. The van der Waals surface area contributed by atoms with E-state index < -0.39 is 0 Å². The third-order valence-corrected chi connectivity index (χ3v) is 5.64. The Morgan fingerprint density at radius 2 is 1.27 bits per heavy atom. The zero-order valence-electron chi connectivity index (χ0n) is 21.3. The van der Waals surface area contributed by atoms with E-state index in [0.717, 1.165) is 32.9 Å². The van der Waals surface area contributed by atoms with E-state index in [2.05, 4.69) is 33.2 Å². The molecule has 198 valence electrons. The van der Waals surface area contributed by atoms with Crippen LogP contribution in [0.5, 0.6) is 5.88 Å². The van der Waals surface area contributed by atoms with E-state index in [0.29, 0.717) is 78.6 Å². The second-order valence-electron chi connectivity index (χ2n) is 8.19. The predicted octanol–water partition coefficient (Wildman–Crippen LogP) is 4.26. The van der Waals surface area contributed by atoms with Crippen molar-refractivity contribution in [2.75, 3.05) is 72.7 Å². The van der Waals surface area contributed by atoms with Crippen molar-refractivity contribution in [1.29, 1.82) is 0 Å². The van der Waals surface area contributed by atoms with Crippen LogP contribution in [0.1, 0.15) is 6.92 Å². The smallest absolute Gasteiger partial charge is 0.213 e. The van der Waals surface area contributed by atoms with E-state index in [4.69, 9.17) is 28.4 Å². The number of aromatic amines is 1. The molecule has 9 heteroatoms. The number of hydrogen-bond donors (Lipinski definition) is 1. The van der Waals surface area contributed by atoms with Crippen LogP contribution < -0.4 is 4.74 Å². The van der Waals surface area contributed by atoms with E-state index in [1.807, 2.05) is 37.5 Å². The molecule has 37 heavy (non-hydrogen) atoms. The minimum atomic E-state index is 0.424. The highest BCUT2D eigenvalue weighted by molar-refractivity contribution is 6.07. The summed E-state index contributed by atoms with van der Waals surface area (Å²) in [5, 5.41) is 2.29. The molecule has 3 heterocycles. The molecule has 0 amide bonds. The molecule has 0 aliphatic rings. The molecule has 0 aliphatic carbocycles. The van der Waals surface area contributed by atoms with Gasteiger partial charge in [-0.05, 0) is 30.7 Å². The number of ether oxygens (including phenoxy) is 6. The van der Waals surface area contributed by atoms with Crippen LogP contribution >= 0.6 is 0 Å². The molecule has 0 saturated carbocycles. The van der Waals surface area contributed by atoms with Crippen LogP contribution in [0.15, 0.2) is 55.0 Å². The summed E-state index contributed by atoms with van der Waals surface area (Å²) in [6.45, 7) is 7.97. The van der Waals surface area contributed by atoms with Crippen LogP contribution in [0.2, 0.25) is 0 Å². The lowest BCUT2D eigenvalue weighted by molar-refractivity contribution is -0.0120. The van der Waals surface area contributed by atoms with Gasteiger partial charge in [-0.1, -0.05) is 12.1 Å². The molecule has 0 unspecified atom stereocenters. The van der Waals surface area contributed by atoms with Crippen LogP contribution in [0.25, 0.3) is 32.9 Å². The number of rotatable bonds is 18. The van der Waals surface area contributed by atoms with Gasteiger partial charge < -0.3 is 33.4 Å². The molecule has 0 aliphatic heterocycles. The van der Waals surface area contributed by atoms with Gasteiger partial charge in [0.1, 0.15) is 6.61 Å². The molecule has 4 rings (SSSR count). The summed E-state index contributed by atoms with van der Waals surface area (Å²) in [6, 6.07) is 12.2. The SMILES string of the molecule is CCOCCOCCOCCOCCOCCOc1ccc(-c2ccc3c(c2)[nH]c2ccncc23)cn1. The van der Waals surface area contributed by atoms with Crippen molar-refractivity contribution in [3.8, 4) is 17.0 Å². The fourth-order valence-corrected chi connectivity index (χ4v) is 3.79. The van der Waals surface area contributed by atoms with Crippen molar-refractivity contribution < 1.29 is 28.4 Å². The molecule has 1 N–H and O–H groups in total. The van der Waals surface area contributed by atoms with Crippen LogP contribution in [0.3, 0.4) is 0 Å². The first-order valence-corrected chi connectivity index (χ1v) is 12.7. The zero-order valence-corrected chi connectivity index (χ0v) is 21.3. The maximum absolute atomic E-state index is 5.69. The van der Waals surface area contributed by atoms with Gasteiger partial charge in [-0.15, -0.1) is 0 Å². The second kappa shape index (κ2) is 15.2. The molecule has 0 saturated heterocycles. The maximum Gasteiger partial charge on any atom is 0.213 e. The van der Waals surface area contributed by atoms with E-state index in [1.165, 1.54) is 0 Å². The molecule has 0 bridgehead atoms. The third-order valence-electron chi connectivity index (χ3n) is 5.64. The van der Waals surface area contributed by atoms with Crippen LogP contribution in [-0.4, -0.2) is 87.6 Å². The van der Waals surface area contributed by atoms with Crippen molar-refractivity contribution in [3.63, 3.8) is 0 Å². The molecule has 0 fully saturated rings. The molecule has 4 aromatic rings. The third kappa shape index (κ3) is 8.48. The summed E-state index contributed by atoms with van der Waals surface area (Å²) in [7, 11) is 0. The Bertz CT molecular complexity index is 1200. The Hall–Kier alpha value is -3.08. The first kappa shape index (κ1) is 27.0. The minimum Gasteiger partial charge on any atom is -0.475 e. The molecular formula is C28H35N3O6. The topological polar surface area (TPSA) is 97.0 Å². The van der Waals surface area contributed by atoms with E-state index in [-0.39, 0.29) is 0 Å². The number of aromatic nitrogens is 3. The Kier molecular flexibility index (Phi) is 11.1. The fourth-order valence-electron chi connectivity index (χ4n) is 3.79. The van der Waals surface area contributed by atoms with Crippen LogP contribution in [0, 0.1) is 0 Å². The summed E-state index contributed by atoms with van der Waals surface area (Å²) in [6.07, 6.45) is 5.51. The number of nitrogens with one attached hydrogen (secondary N) is 1. The fraction of sp³-hybridized carbons (Fsp3) is 0.429. The number of fused-ring (bicyclic) bond motifs is 3. The van der Waals surface area contributed by atoms with Gasteiger partial charge in [-0.25, -0.2) is 4.98 Å². The van der Waals surface area contributed by atoms with Gasteiger partial charge in [0, 0.05) is 58.6 Å². The number of H-pyrrole nitrogens is 1. The van der Waals surface area contributed by atoms with E-state index in [1.54, 1.807) is 6.20 Å². The van der Waals surface area contributed by atoms with Gasteiger partial charge in [0.05, 0.1) is 59.5 Å². The van der Waals surface area contributed by atoms with Crippen molar-refractivity contribution >= 4 is 21.8 Å². The maximum atomic E-state index is 5.69. The Morgan fingerprint density at radius 1 is 0.622 bits per heavy atom. The highest BCUT2D eigenvalue weighted by Gasteiger charge is 2.07. The molecule has 0 atom stereocenters. The summed E-state index contributed by atoms with van der Waals surface area (Å²) in [5.74, 6) is 0.570. The first-order chi connectivity index (χ1) is 18.3. The van der Waals surface area contributed by atoms with Gasteiger partial charge in [-0.2, -0.15) is 0 Å². The minimum absolute atomic E-state index is 0.424. The van der Waals surface area contributed by atoms with E-state index >= 15 is 0 Å². The number of nitrogens with zero attached hydrogens (tertiary/aromatic N) is 2. The molecule has 0 spiro atoms. The Balaban J connectivity index is 1.05. The lowest BCUT2D eigenvalue weighted by Crippen LogP contribution is -2.14. The summed E-state index contributed by atoms with van der Waals surface area (Å²) >= 11 is 0. The first-order valence-electron chi connectivity index (χ1n) is 12.7. The molecule has 9 nitrogen and oxygen atoms in total. The van der Waals surface area contributed by atoms with Crippen LogP contribution in [0.4, 0.5) is 0 Å². The van der Waals surface area contributed by atoms with Crippen LogP contribution in [-0.2, 0) is 23.7 Å². The number of benzene rings is 1. The van der Waals surface area contributed by atoms with Gasteiger partial charge in [0.2, 0.25) is 5.88 Å². The Morgan fingerprint density at radius 3 is 1.92 bits per heavy atom. The Labute approximate surface area is 217 Å². The summed E-state index contributed by atoms with van der Waals surface area (Å²) < 4.78 is 32.7. The summed E-state index contributed by atoms with van der Waals surface area (Å²) in [4.78, 5) is 12.1. The average molecular weight is 510 g/mol. The monoisotopic (exact) mass is 509 g/mol. The average Bonchev–Trinajstić information content (AvgIpc) is 3.31. The standard InChI is InChI=1S/C28H35N3O6/c1-2-32-9-10-33-11-12-34-13-14-35-15-16-36-17-18-37-28-6-4-23(20-30-28)22-3-5-24-25-21-29-8-7-26(25)31-27(24)19-22/h3-8,19-21,31H,2,9-18H2,1H3. The van der Waals surface area contributed by atoms with E-state index in [9.17, 15) is 0 Å². The quantitative estimate of drug-likeness (QED) is 0.199. The lowest BCUT2D eigenvalue weighted by atomic mass is 10.1. The largest absolute Gasteiger partial charge is 0.475 e. The van der Waals surface area contributed by atoms with Crippen molar-refractivity contribution in [1.82, 2.24) is 15.0 Å². The van der Waals surface area contributed by atoms with Crippen molar-refractivity contribution in [2.45, 2.75) is 6.92 Å². The van der Waals surface area contributed by atoms with Gasteiger partial charge in [-0.3, -0.25) is 4.98 Å². The highest BCUT2D eigenvalue weighted by atomic mass is 16.6. The lowest BCUT2D eigenvalue weighted by Gasteiger charge is -2.09. The normalized spacial score (nSPS) is 11.5. The molecule has 3 aromatic heterocycles. The summed E-state index contributed by atoms with van der Waals surface area (Å²) in [5.41, 5.74) is 4.27. The van der Waals surface area contributed by atoms with Crippen molar-refractivity contribution in [2.24, 2.45) is 0 Å². The highest BCUT2D eigenvalue weighted by Crippen LogP contribution is 2.29.